The van der Waals surface area contributed by atoms with Crippen molar-refractivity contribution in [2.24, 2.45) is 0 Å². The molecule has 0 aromatic carbocycles. The average molecular weight is 257 g/mol. The average Bonchev–Trinajstić information content (AvgIpc) is 1.83. The van der Waals surface area contributed by atoms with E-state index in [-0.39, 0.29) is 5.95 Å². The molecular formula is C7H14BrFO2Si. The van der Waals surface area contributed by atoms with Gasteiger partial charge >= 0.3 is 5.95 Å². The summed E-state index contributed by atoms with van der Waals surface area (Å²) in [7, 11) is -1.77. The van der Waals surface area contributed by atoms with Gasteiger partial charge < -0.3 is 9.16 Å². The Hall–Kier alpha value is -0.0331. The standard InChI is InChI=1S/C7H14BrFO2Si/c1-5-10-7(6(8)9)11-12(2,3)4/h5H2,1-4H3/b7-6-. The lowest BCUT2D eigenvalue weighted by Gasteiger charge is -2.20. The molecule has 0 rings (SSSR count). The SMILES string of the molecule is CCO/C(O[Si](C)(C)C)=C(/F)Br. The van der Waals surface area contributed by atoms with Crippen LogP contribution < -0.4 is 0 Å². The molecule has 0 radical (unpaired) electrons. The lowest BCUT2D eigenvalue weighted by Crippen LogP contribution is -2.25. The zero-order chi connectivity index (χ0) is 9.78. The molecule has 0 fully saturated rings. The minimum absolute atomic E-state index is 0.0309. The summed E-state index contributed by atoms with van der Waals surface area (Å²) in [6, 6.07) is 0. The third-order valence-electron chi connectivity index (χ3n) is 0.829. The molecule has 0 saturated heterocycles. The van der Waals surface area contributed by atoms with Crippen molar-refractivity contribution < 1.29 is 13.6 Å². The lowest BCUT2D eigenvalue weighted by atomic mass is 10.8. The van der Waals surface area contributed by atoms with E-state index in [9.17, 15) is 4.39 Å². The van der Waals surface area contributed by atoms with Gasteiger partial charge in [0.25, 0.3) is 0 Å². The van der Waals surface area contributed by atoms with E-state index in [1.807, 2.05) is 19.6 Å². The summed E-state index contributed by atoms with van der Waals surface area (Å²) >= 11 is 2.68. The molecule has 0 aliphatic rings. The van der Waals surface area contributed by atoms with E-state index < -0.39 is 13.1 Å². The molecule has 0 heterocycles. The summed E-state index contributed by atoms with van der Waals surface area (Å²) in [5, 5.41) is 0. The maximum atomic E-state index is 12.7. The fourth-order valence-electron chi connectivity index (χ4n) is 0.532. The summed E-state index contributed by atoms with van der Waals surface area (Å²) in [5.74, 6) is -0.0309. The fourth-order valence-corrected chi connectivity index (χ4v) is 1.58. The first-order chi connectivity index (χ1) is 5.37. The van der Waals surface area contributed by atoms with Gasteiger partial charge in [-0.2, -0.15) is 4.39 Å². The van der Waals surface area contributed by atoms with Gasteiger partial charge in [0.2, 0.25) is 13.1 Å². The smallest absolute Gasteiger partial charge is 0.310 e. The molecule has 0 aromatic rings. The fraction of sp³-hybridized carbons (Fsp3) is 0.714. The maximum absolute atomic E-state index is 12.7. The van der Waals surface area contributed by atoms with Crippen molar-refractivity contribution in [2.45, 2.75) is 26.6 Å². The Bertz CT molecular complexity index is 173. The van der Waals surface area contributed by atoms with E-state index in [1.54, 1.807) is 6.92 Å². The molecular weight excluding hydrogens is 243 g/mol. The van der Waals surface area contributed by atoms with Gasteiger partial charge in [-0.15, -0.1) is 0 Å². The van der Waals surface area contributed by atoms with Crippen molar-refractivity contribution in [3.05, 3.63) is 10.7 Å². The molecule has 0 aliphatic heterocycles. The topological polar surface area (TPSA) is 18.5 Å². The first-order valence-corrected chi connectivity index (χ1v) is 7.94. The van der Waals surface area contributed by atoms with E-state index in [0.717, 1.165) is 0 Å². The van der Waals surface area contributed by atoms with Crippen LogP contribution in [-0.4, -0.2) is 14.9 Å². The summed E-state index contributed by atoms with van der Waals surface area (Å²) in [5.41, 5.74) is 0. The zero-order valence-corrected chi connectivity index (χ0v) is 10.4. The van der Waals surface area contributed by atoms with Crippen LogP contribution in [0.5, 0.6) is 0 Å². The quantitative estimate of drug-likeness (QED) is 0.568. The highest BCUT2D eigenvalue weighted by molar-refractivity contribution is 9.11. The molecule has 0 atom stereocenters. The van der Waals surface area contributed by atoms with Gasteiger partial charge in [-0.3, -0.25) is 0 Å². The molecule has 0 spiro atoms. The highest BCUT2D eigenvalue weighted by Crippen LogP contribution is 2.20. The van der Waals surface area contributed by atoms with Crippen LogP contribution in [0.1, 0.15) is 6.92 Å². The van der Waals surface area contributed by atoms with Crippen molar-refractivity contribution in [3.8, 4) is 0 Å². The second kappa shape index (κ2) is 4.86. The van der Waals surface area contributed by atoms with E-state index in [1.165, 1.54) is 0 Å². The second-order valence-electron chi connectivity index (χ2n) is 3.20. The van der Waals surface area contributed by atoms with Crippen molar-refractivity contribution in [2.75, 3.05) is 6.61 Å². The van der Waals surface area contributed by atoms with Crippen molar-refractivity contribution >= 4 is 24.2 Å². The number of rotatable bonds is 4. The monoisotopic (exact) mass is 256 g/mol. The van der Waals surface area contributed by atoms with E-state index >= 15 is 0 Å². The third-order valence-corrected chi connectivity index (χ3v) is 1.95. The molecule has 0 amide bonds. The molecule has 2 nitrogen and oxygen atoms in total. The van der Waals surface area contributed by atoms with Gasteiger partial charge in [-0.25, -0.2) is 0 Å². The van der Waals surface area contributed by atoms with Gasteiger partial charge in [-0.1, -0.05) is 0 Å². The molecule has 0 aromatic heterocycles. The number of hydrogen-bond donors (Lipinski definition) is 0. The van der Waals surface area contributed by atoms with E-state index in [0.29, 0.717) is 6.61 Å². The van der Waals surface area contributed by atoms with Crippen molar-refractivity contribution in [1.82, 2.24) is 0 Å². The number of halogens is 2. The van der Waals surface area contributed by atoms with Crippen molar-refractivity contribution in [3.63, 3.8) is 0 Å². The summed E-state index contributed by atoms with van der Waals surface area (Å²) < 4.78 is 22.3. The Kier molecular flexibility index (Phi) is 4.85. The first-order valence-electron chi connectivity index (χ1n) is 3.74. The largest absolute Gasteiger partial charge is 0.517 e. The highest BCUT2D eigenvalue weighted by Gasteiger charge is 2.20. The summed E-state index contributed by atoms with van der Waals surface area (Å²) in [6.45, 7) is 8.06. The van der Waals surface area contributed by atoms with Crippen LogP contribution in [0.4, 0.5) is 4.39 Å². The van der Waals surface area contributed by atoms with Crippen LogP contribution in [0, 0.1) is 0 Å². The molecule has 0 bridgehead atoms. The Morgan fingerprint density at radius 2 is 1.92 bits per heavy atom. The predicted molar refractivity (Wildman–Crippen MR) is 53.1 cm³/mol. The summed E-state index contributed by atoms with van der Waals surface area (Å²) in [6.07, 6.45) is 0. The van der Waals surface area contributed by atoms with Crippen LogP contribution in [-0.2, 0) is 9.16 Å². The van der Waals surface area contributed by atoms with Gasteiger partial charge in [0, 0.05) is 0 Å². The van der Waals surface area contributed by atoms with Gasteiger partial charge in [0.05, 0.1) is 6.61 Å². The van der Waals surface area contributed by atoms with Gasteiger partial charge in [0.1, 0.15) is 0 Å². The Labute approximate surface area is 82.0 Å². The molecule has 0 aliphatic carbocycles. The Morgan fingerprint density at radius 1 is 1.42 bits per heavy atom. The van der Waals surface area contributed by atoms with Crippen LogP contribution in [0.25, 0.3) is 0 Å². The third kappa shape index (κ3) is 5.60. The van der Waals surface area contributed by atoms with Crippen LogP contribution in [0.15, 0.2) is 10.7 Å². The highest BCUT2D eigenvalue weighted by atomic mass is 79.9. The molecule has 0 N–H and O–H groups in total. The molecule has 5 heteroatoms. The van der Waals surface area contributed by atoms with Gasteiger partial charge in [-0.05, 0) is 42.5 Å². The minimum atomic E-state index is -1.77. The lowest BCUT2D eigenvalue weighted by molar-refractivity contribution is 0.105. The predicted octanol–water partition coefficient (Wildman–Crippen LogP) is 3.37. The van der Waals surface area contributed by atoms with Gasteiger partial charge in [0.15, 0.2) is 0 Å². The minimum Gasteiger partial charge on any atom is -0.517 e. The number of hydrogen-bond acceptors (Lipinski definition) is 2. The van der Waals surface area contributed by atoms with Crippen LogP contribution in [0.3, 0.4) is 0 Å². The molecule has 0 unspecified atom stereocenters. The maximum Gasteiger partial charge on any atom is 0.310 e. The zero-order valence-electron chi connectivity index (χ0n) is 7.78. The number of ether oxygens (including phenoxy) is 1. The normalized spacial score (nSPS) is 13.8. The van der Waals surface area contributed by atoms with Crippen molar-refractivity contribution in [1.29, 1.82) is 0 Å². The molecule has 0 saturated carbocycles. The molecule has 72 valence electrons. The first kappa shape index (κ1) is 12.0. The Morgan fingerprint density at radius 3 is 2.17 bits per heavy atom. The van der Waals surface area contributed by atoms with Crippen LogP contribution >= 0.6 is 15.9 Å². The van der Waals surface area contributed by atoms with E-state index in [4.69, 9.17) is 9.16 Å². The second-order valence-corrected chi connectivity index (χ2v) is 8.32. The van der Waals surface area contributed by atoms with E-state index in [2.05, 4.69) is 15.9 Å². The summed E-state index contributed by atoms with van der Waals surface area (Å²) in [4.78, 5) is 0. The molecule has 12 heavy (non-hydrogen) atoms. The Balaban J connectivity index is 4.26. The van der Waals surface area contributed by atoms with Crippen LogP contribution in [0.2, 0.25) is 19.6 Å².